The number of carbonyl (C=O) groups excluding carboxylic acids is 1. The van der Waals surface area contributed by atoms with Gasteiger partial charge in [0.15, 0.2) is 0 Å². The van der Waals surface area contributed by atoms with Crippen LogP contribution in [0.5, 0.6) is 0 Å². The first kappa shape index (κ1) is 13.7. The number of aryl methyl sites for hydroxylation is 1. The van der Waals surface area contributed by atoms with Gasteiger partial charge >= 0.3 is 5.97 Å². The van der Waals surface area contributed by atoms with E-state index in [9.17, 15) is 14.7 Å². The van der Waals surface area contributed by atoms with Gasteiger partial charge < -0.3 is 14.6 Å². The molecule has 0 saturated carbocycles. The summed E-state index contributed by atoms with van der Waals surface area (Å²) in [5.74, 6) is -1.21. The quantitative estimate of drug-likeness (QED) is 0.918. The Kier molecular flexibility index (Phi) is 3.36. The van der Waals surface area contributed by atoms with Crippen molar-refractivity contribution >= 4 is 27.8 Å². The van der Waals surface area contributed by atoms with E-state index in [1.54, 1.807) is 0 Å². The molecule has 2 aliphatic heterocycles. The number of carbonyl (C=O) groups is 2. The zero-order valence-corrected chi connectivity index (χ0v) is 12.8. The average Bonchev–Trinajstić information content (AvgIpc) is 3.09. The molecule has 20 heavy (non-hydrogen) atoms. The van der Waals surface area contributed by atoms with E-state index in [1.807, 2.05) is 28.7 Å². The Labute approximate surface area is 125 Å². The average molecular weight is 341 g/mol. The maximum Gasteiger partial charge on any atom is 0.308 e. The van der Waals surface area contributed by atoms with E-state index < -0.39 is 11.9 Å². The summed E-state index contributed by atoms with van der Waals surface area (Å²) >= 11 is 3.40. The lowest BCUT2D eigenvalue weighted by atomic mass is 9.89. The number of aliphatic carboxylic acids is 1. The lowest BCUT2D eigenvalue weighted by Gasteiger charge is -2.23. The first-order chi connectivity index (χ1) is 9.52. The minimum Gasteiger partial charge on any atom is -0.481 e. The summed E-state index contributed by atoms with van der Waals surface area (Å²) in [6.45, 7) is 2.71. The molecule has 3 unspecified atom stereocenters. The van der Waals surface area contributed by atoms with E-state index in [0.29, 0.717) is 12.1 Å². The van der Waals surface area contributed by atoms with Gasteiger partial charge in [-0.2, -0.15) is 0 Å². The van der Waals surface area contributed by atoms with E-state index in [1.165, 1.54) is 0 Å². The number of aromatic nitrogens is 1. The number of hydrogen-bond acceptors (Lipinski definition) is 2. The van der Waals surface area contributed by atoms with Crippen LogP contribution < -0.4 is 0 Å². The fourth-order valence-corrected chi connectivity index (χ4v) is 4.08. The van der Waals surface area contributed by atoms with Gasteiger partial charge in [-0.15, -0.1) is 0 Å². The van der Waals surface area contributed by atoms with Crippen LogP contribution in [-0.2, 0) is 11.3 Å². The van der Waals surface area contributed by atoms with Crippen LogP contribution in [0.1, 0.15) is 36.7 Å². The number of rotatable bonds is 3. The zero-order valence-electron chi connectivity index (χ0n) is 11.3. The van der Waals surface area contributed by atoms with Gasteiger partial charge in [0.1, 0.15) is 5.69 Å². The largest absolute Gasteiger partial charge is 0.481 e. The Balaban J connectivity index is 1.90. The molecule has 3 rings (SSSR count). The van der Waals surface area contributed by atoms with E-state index in [2.05, 4.69) is 15.9 Å². The van der Waals surface area contributed by atoms with Crippen LogP contribution in [0.4, 0.5) is 0 Å². The van der Waals surface area contributed by atoms with Crippen molar-refractivity contribution in [2.45, 2.75) is 44.8 Å². The van der Waals surface area contributed by atoms with Crippen LogP contribution >= 0.6 is 15.9 Å². The highest BCUT2D eigenvalue weighted by Gasteiger charge is 2.51. The monoisotopic (exact) mass is 340 g/mol. The lowest BCUT2D eigenvalue weighted by molar-refractivity contribution is -0.142. The topological polar surface area (TPSA) is 62.5 Å². The van der Waals surface area contributed by atoms with Crippen LogP contribution in [0.2, 0.25) is 0 Å². The predicted octanol–water partition coefficient (Wildman–Crippen LogP) is 2.35. The van der Waals surface area contributed by atoms with Crippen molar-refractivity contribution in [1.82, 2.24) is 9.47 Å². The molecular formula is C14H17BrN2O3. The summed E-state index contributed by atoms with van der Waals surface area (Å²) in [6, 6.07) is 1.77. The number of amides is 1. The minimum absolute atomic E-state index is 0.0335. The van der Waals surface area contributed by atoms with Gasteiger partial charge in [0.2, 0.25) is 0 Å². The maximum atomic E-state index is 12.8. The molecule has 2 fully saturated rings. The van der Waals surface area contributed by atoms with E-state index in [0.717, 1.165) is 23.9 Å². The standard InChI is InChI=1S/C14H17BrN2O3/c1-2-16-7-8(15)5-12(16)13(18)17-9-3-4-11(17)10(6-9)14(19)20/h5,7,9-11H,2-4,6H2,1H3,(H,19,20). The van der Waals surface area contributed by atoms with Crippen molar-refractivity contribution < 1.29 is 14.7 Å². The molecule has 2 bridgehead atoms. The van der Waals surface area contributed by atoms with Crippen LogP contribution in [0.15, 0.2) is 16.7 Å². The normalized spacial score (nSPS) is 28.1. The molecule has 108 valence electrons. The predicted molar refractivity (Wildman–Crippen MR) is 76.5 cm³/mol. The molecule has 6 heteroatoms. The van der Waals surface area contributed by atoms with Crippen LogP contribution in [0.3, 0.4) is 0 Å². The Morgan fingerprint density at radius 3 is 2.80 bits per heavy atom. The molecule has 0 aliphatic carbocycles. The van der Waals surface area contributed by atoms with Gasteiger partial charge in [-0.3, -0.25) is 9.59 Å². The first-order valence-electron chi connectivity index (χ1n) is 6.94. The van der Waals surface area contributed by atoms with Crippen molar-refractivity contribution in [1.29, 1.82) is 0 Å². The highest BCUT2D eigenvalue weighted by atomic mass is 79.9. The molecular weight excluding hydrogens is 324 g/mol. The molecule has 2 saturated heterocycles. The van der Waals surface area contributed by atoms with Crippen molar-refractivity contribution in [2.24, 2.45) is 5.92 Å². The fraction of sp³-hybridized carbons (Fsp3) is 0.571. The summed E-state index contributed by atoms with van der Waals surface area (Å²) in [5.41, 5.74) is 0.641. The van der Waals surface area contributed by atoms with Gasteiger partial charge in [-0.05, 0) is 48.2 Å². The Bertz CT molecular complexity index is 569. The molecule has 1 aromatic heterocycles. The molecule has 1 amide bonds. The third kappa shape index (κ3) is 1.97. The first-order valence-corrected chi connectivity index (χ1v) is 7.73. The number of nitrogens with zero attached hydrogens (tertiary/aromatic N) is 2. The Morgan fingerprint density at radius 1 is 1.45 bits per heavy atom. The molecule has 1 aromatic rings. The number of carboxylic acids is 1. The minimum atomic E-state index is -0.776. The smallest absolute Gasteiger partial charge is 0.308 e. The summed E-state index contributed by atoms with van der Waals surface area (Å²) in [5, 5.41) is 9.26. The number of halogens is 1. The maximum absolute atomic E-state index is 12.8. The van der Waals surface area contributed by atoms with Crippen molar-refractivity contribution in [3.8, 4) is 0 Å². The Morgan fingerprint density at radius 2 is 2.20 bits per heavy atom. The van der Waals surface area contributed by atoms with E-state index >= 15 is 0 Å². The third-order valence-electron chi connectivity index (χ3n) is 4.51. The number of carboxylic acid groups (broad SMARTS) is 1. The fourth-order valence-electron chi connectivity index (χ4n) is 3.62. The van der Waals surface area contributed by atoms with Gasteiger partial charge in [0.25, 0.3) is 5.91 Å². The van der Waals surface area contributed by atoms with Crippen molar-refractivity contribution in [3.63, 3.8) is 0 Å². The second kappa shape index (κ2) is 4.91. The highest BCUT2D eigenvalue weighted by molar-refractivity contribution is 9.10. The molecule has 1 N–H and O–H groups in total. The van der Waals surface area contributed by atoms with Gasteiger partial charge in [0, 0.05) is 29.3 Å². The molecule has 0 spiro atoms. The highest BCUT2D eigenvalue weighted by Crippen LogP contribution is 2.42. The van der Waals surface area contributed by atoms with Crippen molar-refractivity contribution in [3.05, 3.63) is 22.4 Å². The summed E-state index contributed by atoms with van der Waals surface area (Å²) in [7, 11) is 0. The third-order valence-corrected chi connectivity index (χ3v) is 4.95. The summed E-state index contributed by atoms with van der Waals surface area (Å²) < 4.78 is 2.78. The SMILES string of the molecule is CCn1cc(Br)cc1C(=O)N1C2CCC1C(C(=O)O)C2. The molecule has 2 aliphatic rings. The molecule has 0 radical (unpaired) electrons. The summed E-state index contributed by atoms with van der Waals surface area (Å²) in [6.07, 6.45) is 4.22. The molecule has 3 atom stereocenters. The van der Waals surface area contributed by atoms with Gasteiger partial charge in [-0.25, -0.2) is 0 Å². The Hall–Kier alpha value is -1.30. The molecule has 5 nitrogen and oxygen atoms in total. The van der Waals surface area contributed by atoms with Crippen LogP contribution in [0.25, 0.3) is 0 Å². The van der Waals surface area contributed by atoms with E-state index in [4.69, 9.17) is 0 Å². The summed E-state index contributed by atoms with van der Waals surface area (Å²) in [4.78, 5) is 25.8. The lowest BCUT2D eigenvalue weighted by Crippen LogP contribution is -2.38. The number of fused-ring (bicyclic) bond motifs is 2. The van der Waals surface area contributed by atoms with Crippen molar-refractivity contribution in [2.75, 3.05) is 0 Å². The van der Waals surface area contributed by atoms with E-state index in [-0.39, 0.29) is 18.0 Å². The second-order valence-corrected chi connectivity index (χ2v) is 6.44. The zero-order chi connectivity index (χ0) is 14.4. The van der Waals surface area contributed by atoms with Gasteiger partial charge in [-0.1, -0.05) is 0 Å². The van der Waals surface area contributed by atoms with Gasteiger partial charge in [0.05, 0.1) is 5.92 Å². The molecule has 3 heterocycles. The van der Waals surface area contributed by atoms with Crippen LogP contribution in [0, 0.1) is 5.92 Å². The second-order valence-electron chi connectivity index (χ2n) is 5.52. The number of hydrogen-bond donors (Lipinski definition) is 1. The van der Waals surface area contributed by atoms with Crippen LogP contribution in [-0.4, -0.2) is 38.5 Å². The molecule has 0 aromatic carbocycles.